The molecule has 2 atom stereocenters. The summed E-state index contributed by atoms with van der Waals surface area (Å²) in [6, 6.07) is 7.04. The van der Waals surface area contributed by atoms with E-state index in [0.29, 0.717) is 6.61 Å². The largest absolute Gasteiger partial charge is 0.466 e. The van der Waals surface area contributed by atoms with Gasteiger partial charge in [0.25, 0.3) is 0 Å². The van der Waals surface area contributed by atoms with Crippen molar-refractivity contribution in [3.63, 3.8) is 0 Å². The lowest BCUT2D eigenvalue weighted by Gasteiger charge is -2.20. The molecule has 0 fully saturated rings. The second-order valence-corrected chi connectivity index (χ2v) is 5.67. The van der Waals surface area contributed by atoms with E-state index in [-0.39, 0.29) is 30.8 Å². The monoisotopic (exact) mass is 356 g/mol. The summed E-state index contributed by atoms with van der Waals surface area (Å²) in [5.74, 6) is -0.814. The van der Waals surface area contributed by atoms with Gasteiger partial charge in [0.15, 0.2) is 0 Å². The van der Waals surface area contributed by atoms with Crippen LogP contribution in [0.1, 0.15) is 31.9 Å². The summed E-state index contributed by atoms with van der Waals surface area (Å²) >= 11 is 3.36. The van der Waals surface area contributed by atoms with Crippen LogP contribution in [0.2, 0.25) is 0 Å². The number of hydrogen-bond donors (Lipinski definition) is 2. The number of hydrogen-bond acceptors (Lipinski definition) is 4. The predicted octanol–water partition coefficient (Wildman–Crippen LogP) is 2.15. The summed E-state index contributed by atoms with van der Waals surface area (Å²) in [6.07, 6.45) is 0.0957. The van der Waals surface area contributed by atoms with Gasteiger partial charge in [-0.3, -0.25) is 9.59 Å². The number of nitrogens with one attached hydrogen (secondary N) is 1. The Bertz CT molecular complexity index is 476. The van der Waals surface area contributed by atoms with Crippen LogP contribution >= 0.6 is 15.9 Å². The van der Waals surface area contributed by atoms with Crippen LogP contribution in [0.4, 0.5) is 0 Å². The van der Waals surface area contributed by atoms with Crippen LogP contribution in [0.25, 0.3) is 0 Å². The molecule has 6 heteroatoms. The van der Waals surface area contributed by atoms with Gasteiger partial charge < -0.3 is 15.8 Å². The van der Waals surface area contributed by atoms with Crippen LogP contribution in [0.3, 0.4) is 0 Å². The second-order valence-electron chi connectivity index (χ2n) is 4.76. The van der Waals surface area contributed by atoms with Crippen LogP contribution in [-0.2, 0) is 14.3 Å². The third-order valence-electron chi connectivity index (χ3n) is 3.07. The van der Waals surface area contributed by atoms with E-state index in [9.17, 15) is 9.59 Å². The highest BCUT2D eigenvalue weighted by Gasteiger charge is 2.21. The highest BCUT2D eigenvalue weighted by atomic mass is 79.9. The first-order valence-electron chi connectivity index (χ1n) is 6.89. The molecule has 3 N–H and O–H groups in total. The number of esters is 1. The van der Waals surface area contributed by atoms with Gasteiger partial charge in [-0.15, -0.1) is 0 Å². The third kappa shape index (κ3) is 5.85. The van der Waals surface area contributed by atoms with E-state index in [4.69, 9.17) is 10.5 Å². The van der Waals surface area contributed by atoms with Gasteiger partial charge in [-0.1, -0.05) is 35.0 Å². The second kappa shape index (κ2) is 8.79. The number of benzene rings is 1. The molecule has 0 saturated carbocycles. The topological polar surface area (TPSA) is 81.4 Å². The predicted molar refractivity (Wildman–Crippen MR) is 84.5 cm³/mol. The maximum atomic E-state index is 12.0. The van der Waals surface area contributed by atoms with E-state index >= 15 is 0 Å². The molecule has 1 aromatic rings. The number of carbonyl (C=O) groups is 2. The fourth-order valence-electron chi connectivity index (χ4n) is 1.75. The summed E-state index contributed by atoms with van der Waals surface area (Å²) in [5.41, 5.74) is 6.35. The fraction of sp³-hybridized carbons (Fsp3) is 0.467. The molecular weight excluding hydrogens is 336 g/mol. The Hall–Kier alpha value is -1.40. The number of halogens is 1. The lowest BCUT2D eigenvalue weighted by Crippen LogP contribution is -2.37. The first kappa shape index (κ1) is 17.7. The smallest absolute Gasteiger partial charge is 0.308 e. The van der Waals surface area contributed by atoms with Gasteiger partial charge in [-0.2, -0.15) is 0 Å². The maximum Gasteiger partial charge on any atom is 0.308 e. The average Bonchev–Trinajstić information content (AvgIpc) is 2.46. The van der Waals surface area contributed by atoms with Crippen molar-refractivity contribution < 1.29 is 14.3 Å². The van der Waals surface area contributed by atoms with E-state index in [0.717, 1.165) is 10.0 Å². The van der Waals surface area contributed by atoms with Crippen LogP contribution in [0.15, 0.2) is 28.7 Å². The molecule has 1 amide bonds. The highest BCUT2D eigenvalue weighted by molar-refractivity contribution is 9.10. The summed E-state index contributed by atoms with van der Waals surface area (Å²) in [4.78, 5) is 23.7. The molecule has 0 spiro atoms. The van der Waals surface area contributed by atoms with Crippen molar-refractivity contribution in [3.05, 3.63) is 34.3 Å². The van der Waals surface area contributed by atoms with Crippen molar-refractivity contribution in [2.24, 2.45) is 11.7 Å². The van der Waals surface area contributed by atoms with Crippen molar-refractivity contribution in [1.29, 1.82) is 0 Å². The Morgan fingerprint density at radius 2 is 1.95 bits per heavy atom. The Balaban J connectivity index is 2.86. The van der Waals surface area contributed by atoms with Crippen molar-refractivity contribution in [2.45, 2.75) is 26.3 Å². The Kier molecular flexibility index (Phi) is 7.39. The van der Waals surface area contributed by atoms with Crippen molar-refractivity contribution in [2.75, 3.05) is 13.2 Å². The lowest BCUT2D eigenvalue weighted by molar-refractivity contribution is -0.143. The van der Waals surface area contributed by atoms with Crippen molar-refractivity contribution in [3.8, 4) is 0 Å². The summed E-state index contributed by atoms with van der Waals surface area (Å²) in [6.45, 7) is 4.08. The molecule has 0 aliphatic rings. The molecular formula is C15H21BrN2O3. The number of carbonyl (C=O) groups excluding carboxylic acids is 2. The van der Waals surface area contributed by atoms with E-state index in [1.54, 1.807) is 13.8 Å². The van der Waals surface area contributed by atoms with Gasteiger partial charge in [0.1, 0.15) is 0 Å². The minimum atomic E-state index is -0.418. The molecule has 0 aliphatic carbocycles. The molecule has 21 heavy (non-hydrogen) atoms. The van der Waals surface area contributed by atoms with E-state index in [2.05, 4.69) is 21.2 Å². The van der Waals surface area contributed by atoms with E-state index in [1.165, 1.54) is 0 Å². The molecule has 0 aromatic heterocycles. The number of amides is 1. The average molecular weight is 357 g/mol. The van der Waals surface area contributed by atoms with Crippen LogP contribution in [0, 0.1) is 5.92 Å². The van der Waals surface area contributed by atoms with Gasteiger partial charge in [0.05, 0.1) is 19.1 Å². The van der Waals surface area contributed by atoms with Crippen molar-refractivity contribution >= 4 is 27.8 Å². The summed E-state index contributed by atoms with van der Waals surface area (Å²) < 4.78 is 5.89. The Morgan fingerprint density at radius 3 is 2.48 bits per heavy atom. The van der Waals surface area contributed by atoms with Crippen LogP contribution in [-0.4, -0.2) is 25.0 Å². The summed E-state index contributed by atoms with van der Waals surface area (Å²) in [5, 5.41) is 2.86. The molecule has 0 bridgehead atoms. The fourth-order valence-corrected chi connectivity index (χ4v) is 2.02. The minimum absolute atomic E-state index is 0.0957. The quantitative estimate of drug-likeness (QED) is 0.733. The number of ether oxygens (including phenoxy) is 1. The SMILES string of the molecule is CCOC(=O)CC(NC(=O)C(C)CN)c1ccc(Br)cc1. The third-order valence-corrected chi connectivity index (χ3v) is 3.59. The first-order valence-corrected chi connectivity index (χ1v) is 7.68. The first-order chi connectivity index (χ1) is 9.97. The molecule has 0 aliphatic heterocycles. The van der Waals surface area contributed by atoms with Gasteiger partial charge >= 0.3 is 5.97 Å². The zero-order chi connectivity index (χ0) is 15.8. The standard InChI is InChI=1S/C15H21BrN2O3/c1-3-21-14(19)8-13(18-15(20)10(2)9-17)11-4-6-12(16)7-5-11/h4-7,10,13H,3,8-9,17H2,1-2H3,(H,18,20). The molecule has 0 radical (unpaired) electrons. The molecule has 5 nitrogen and oxygen atoms in total. The molecule has 1 aromatic carbocycles. The molecule has 2 unspecified atom stereocenters. The lowest BCUT2D eigenvalue weighted by atomic mass is 10.0. The normalized spacial score (nSPS) is 13.3. The maximum absolute atomic E-state index is 12.0. The zero-order valence-electron chi connectivity index (χ0n) is 12.3. The van der Waals surface area contributed by atoms with Gasteiger partial charge in [-0.05, 0) is 24.6 Å². The Morgan fingerprint density at radius 1 is 1.33 bits per heavy atom. The van der Waals surface area contributed by atoms with Gasteiger partial charge in [0.2, 0.25) is 5.91 Å². The highest BCUT2D eigenvalue weighted by Crippen LogP contribution is 2.20. The van der Waals surface area contributed by atoms with Gasteiger partial charge in [-0.25, -0.2) is 0 Å². The number of rotatable bonds is 7. The molecule has 116 valence electrons. The molecule has 0 heterocycles. The molecule has 0 saturated heterocycles. The number of nitrogens with two attached hydrogens (primary N) is 1. The van der Waals surface area contributed by atoms with E-state index in [1.807, 2.05) is 24.3 Å². The van der Waals surface area contributed by atoms with E-state index < -0.39 is 6.04 Å². The summed E-state index contributed by atoms with van der Waals surface area (Å²) in [7, 11) is 0. The minimum Gasteiger partial charge on any atom is -0.466 e. The van der Waals surface area contributed by atoms with Crippen molar-refractivity contribution in [1.82, 2.24) is 5.32 Å². The molecule has 1 rings (SSSR count). The van der Waals surface area contributed by atoms with Crippen LogP contribution < -0.4 is 11.1 Å². The van der Waals surface area contributed by atoms with Gasteiger partial charge in [0, 0.05) is 16.9 Å². The van der Waals surface area contributed by atoms with Crippen LogP contribution in [0.5, 0.6) is 0 Å². The zero-order valence-corrected chi connectivity index (χ0v) is 13.9. The Labute approximate surface area is 133 Å².